The van der Waals surface area contributed by atoms with Crippen molar-refractivity contribution in [1.29, 1.82) is 0 Å². The lowest BCUT2D eigenvalue weighted by molar-refractivity contribution is -0.0984. The topological polar surface area (TPSA) is 72.0 Å². The molecule has 1 aliphatic rings. The molecule has 0 saturated heterocycles. The van der Waals surface area contributed by atoms with E-state index in [1.807, 2.05) is 23.2 Å². The molecule has 0 spiro atoms. The number of nitrogens with zero attached hydrogens (tertiary/aromatic N) is 6. The zero-order chi connectivity index (χ0) is 11.3. The van der Waals surface area contributed by atoms with Crippen molar-refractivity contribution < 1.29 is 5.21 Å². The first kappa shape index (κ1) is 9.49. The van der Waals surface area contributed by atoms with Crippen molar-refractivity contribution in [2.75, 3.05) is 0 Å². The number of aromatic nitrogens is 5. The van der Waals surface area contributed by atoms with Crippen molar-refractivity contribution in [2.45, 2.75) is 13.1 Å². The van der Waals surface area contributed by atoms with Crippen LogP contribution in [-0.2, 0) is 27.2 Å². The number of fused-ring (bicyclic) bond motifs is 1. The lowest BCUT2D eigenvalue weighted by atomic mass is 10.4. The molecule has 0 amide bonds. The number of imidazole rings is 1. The normalized spacial score (nSPS) is 15.7. The number of hydroxylamine groups is 2. The predicted octanol–water partition coefficient (Wildman–Crippen LogP) is -0.0796. The summed E-state index contributed by atoms with van der Waals surface area (Å²) in [7, 11) is 3.81. The second kappa shape index (κ2) is 3.13. The van der Waals surface area contributed by atoms with E-state index in [-0.39, 0.29) is 0 Å². The molecule has 1 aliphatic heterocycles. The molecule has 7 nitrogen and oxygen atoms in total. The largest absolute Gasteiger partial charge is 0.327 e. The van der Waals surface area contributed by atoms with Crippen LogP contribution in [0.4, 0.5) is 0 Å². The minimum absolute atomic E-state index is 0.473. The van der Waals surface area contributed by atoms with Crippen molar-refractivity contribution >= 4 is 0 Å². The quantitative estimate of drug-likeness (QED) is 0.727. The maximum absolute atomic E-state index is 9.39. The Bertz CT molecular complexity index is 542. The third kappa shape index (κ3) is 1.18. The summed E-state index contributed by atoms with van der Waals surface area (Å²) in [5.74, 6) is 1.53. The van der Waals surface area contributed by atoms with Crippen molar-refractivity contribution in [3.63, 3.8) is 0 Å². The van der Waals surface area contributed by atoms with Crippen molar-refractivity contribution in [2.24, 2.45) is 14.1 Å². The number of hydrogen-bond donors (Lipinski definition) is 1. The Kier molecular flexibility index (Phi) is 1.86. The summed E-state index contributed by atoms with van der Waals surface area (Å²) in [6, 6.07) is 0. The van der Waals surface area contributed by atoms with E-state index in [1.165, 1.54) is 5.06 Å². The highest BCUT2D eigenvalue weighted by molar-refractivity contribution is 5.47. The molecule has 3 heterocycles. The molecule has 0 unspecified atom stereocenters. The molecule has 0 bridgehead atoms. The van der Waals surface area contributed by atoms with E-state index in [4.69, 9.17) is 0 Å². The standard InChI is InChI=1S/C9H12N6O/c1-13-5-10-12-9(13)8-11-6-3-15(16)4-7(6)14(8)2/h5,16H,3-4H2,1-2H3. The van der Waals surface area contributed by atoms with Gasteiger partial charge in [-0.05, 0) is 0 Å². The molecule has 2 aromatic rings. The highest BCUT2D eigenvalue weighted by Gasteiger charge is 2.26. The Morgan fingerprint density at radius 2 is 2.06 bits per heavy atom. The minimum Gasteiger partial charge on any atom is -0.327 e. The van der Waals surface area contributed by atoms with E-state index in [0.29, 0.717) is 13.1 Å². The van der Waals surface area contributed by atoms with Crippen LogP contribution < -0.4 is 0 Å². The Labute approximate surface area is 91.9 Å². The fourth-order valence-electron chi connectivity index (χ4n) is 2.00. The molecule has 3 rings (SSSR count). The third-order valence-corrected chi connectivity index (χ3v) is 2.87. The van der Waals surface area contributed by atoms with Crippen molar-refractivity contribution in [3.8, 4) is 11.6 Å². The second-order valence-corrected chi connectivity index (χ2v) is 3.98. The smallest absolute Gasteiger partial charge is 0.199 e. The molecule has 84 valence electrons. The van der Waals surface area contributed by atoms with Crippen LogP contribution in [0, 0.1) is 0 Å². The first-order chi connectivity index (χ1) is 7.66. The molecule has 0 atom stereocenters. The summed E-state index contributed by atoms with van der Waals surface area (Å²) < 4.78 is 3.78. The summed E-state index contributed by atoms with van der Waals surface area (Å²) >= 11 is 0. The first-order valence-corrected chi connectivity index (χ1v) is 4.99. The van der Waals surface area contributed by atoms with Gasteiger partial charge in [-0.15, -0.1) is 10.2 Å². The van der Waals surface area contributed by atoms with Crippen LogP contribution in [0.2, 0.25) is 0 Å². The van der Waals surface area contributed by atoms with Gasteiger partial charge < -0.3 is 14.3 Å². The van der Waals surface area contributed by atoms with Gasteiger partial charge in [-0.1, -0.05) is 0 Å². The van der Waals surface area contributed by atoms with Crippen LogP contribution >= 0.6 is 0 Å². The first-order valence-electron chi connectivity index (χ1n) is 4.99. The highest BCUT2D eigenvalue weighted by Crippen LogP contribution is 2.25. The zero-order valence-corrected chi connectivity index (χ0v) is 9.12. The van der Waals surface area contributed by atoms with Gasteiger partial charge in [0.2, 0.25) is 0 Å². The number of hydrogen-bond acceptors (Lipinski definition) is 5. The zero-order valence-electron chi connectivity index (χ0n) is 9.12. The Morgan fingerprint density at radius 1 is 1.25 bits per heavy atom. The fourth-order valence-corrected chi connectivity index (χ4v) is 2.00. The number of rotatable bonds is 1. The van der Waals surface area contributed by atoms with Gasteiger partial charge in [0.15, 0.2) is 11.6 Å². The van der Waals surface area contributed by atoms with Crippen molar-refractivity contribution in [3.05, 3.63) is 17.7 Å². The van der Waals surface area contributed by atoms with E-state index in [2.05, 4.69) is 15.2 Å². The van der Waals surface area contributed by atoms with E-state index >= 15 is 0 Å². The van der Waals surface area contributed by atoms with Gasteiger partial charge >= 0.3 is 0 Å². The van der Waals surface area contributed by atoms with Gasteiger partial charge in [-0.3, -0.25) is 0 Å². The lowest BCUT2D eigenvalue weighted by Crippen LogP contribution is -2.12. The molecule has 2 aromatic heterocycles. The highest BCUT2D eigenvalue weighted by atomic mass is 16.5. The van der Waals surface area contributed by atoms with Crippen molar-refractivity contribution in [1.82, 2.24) is 29.4 Å². The van der Waals surface area contributed by atoms with Gasteiger partial charge in [0, 0.05) is 14.1 Å². The molecular formula is C9H12N6O. The Balaban J connectivity index is 2.12. The predicted molar refractivity (Wildman–Crippen MR) is 54.2 cm³/mol. The summed E-state index contributed by atoms with van der Waals surface area (Å²) in [6.45, 7) is 0.984. The van der Waals surface area contributed by atoms with Gasteiger partial charge in [0.05, 0.1) is 24.5 Å². The molecule has 0 saturated carbocycles. The van der Waals surface area contributed by atoms with Crippen LogP contribution in [0.15, 0.2) is 6.33 Å². The van der Waals surface area contributed by atoms with Gasteiger partial charge in [0.25, 0.3) is 0 Å². The maximum atomic E-state index is 9.39. The summed E-state index contributed by atoms with van der Waals surface area (Å²) in [5.41, 5.74) is 1.93. The van der Waals surface area contributed by atoms with Crippen LogP contribution in [0.1, 0.15) is 11.4 Å². The Morgan fingerprint density at radius 3 is 2.69 bits per heavy atom. The van der Waals surface area contributed by atoms with Crippen LogP contribution in [0.5, 0.6) is 0 Å². The van der Waals surface area contributed by atoms with Crippen LogP contribution in [-0.4, -0.2) is 34.6 Å². The van der Waals surface area contributed by atoms with Gasteiger partial charge in [0.1, 0.15) is 6.33 Å². The monoisotopic (exact) mass is 220 g/mol. The number of aryl methyl sites for hydroxylation is 1. The SMILES string of the molecule is Cn1cnnc1-c1nc2c(n1C)CN(O)C2. The molecule has 0 radical (unpaired) electrons. The van der Waals surface area contributed by atoms with Crippen LogP contribution in [0.25, 0.3) is 11.6 Å². The molecule has 0 fully saturated rings. The molecular weight excluding hydrogens is 208 g/mol. The summed E-state index contributed by atoms with van der Waals surface area (Å²) in [4.78, 5) is 4.48. The summed E-state index contributed by atoms with van der Waals surface area (Å²) in [6.07, 6.45) is 1.65. The minimum atomic E-state index is 0.473. The molecule has 1 N–H and O–H groups in total. The second-order valence-electron chi connectivity index (χ2n) is 3.98. The molecule has 16 heavy (non-hydrogen) atoms. The average Bonchev–Trinajstić information content (AvgIpc) is 2.85. The third-order valence-electron chi connectivity index (χ3n) is 2.87. The molecule has 7 heteroatoms. The van der Waals surface area contributed by atoms with Gasteiger partial charge in [-0.25, -0.2) is 4.98 Å². The van der Waals surface area contributed by atoms with E-state index in [9.17, 15) is 5.21 Å². The average molecular weight is 220 g/mol. The van der Waals surface area contributed by atoms with Gasteiger partial charge in [-0.2, -0.15) is 5.06 Å². The summed E-state index contributed by atoms with van der Waals surface area (Å²) in [5, 5.41) is 18.5. The lowest BCUT2D eigenvalue weighted by Gasteiger charge is -2.07. The Hall–Kier alpha value is -1.73. The maximum Gasteiger partial charge on any atom is 0.199 e. The molecule has 0 aromatic carbocycles. The van der Waals surface area contributed by atoms with E-state index in [0.717, 1.165) is 23.0 Å². The fraction of sp³-hybridized carbons (Fsp3) is 0.444. The van der Waals surface area contributed by atoms with Crippen LogP contribution in [0.3, 0.4) is 0 Å². The van der Waals surface area contributed by atoms with E-state index < -0.39 is 0 Å². The molecule has 0 aliphatic carbocycles. The van der Waals surface area contributed by atoms with E-state index in [1.54, 1.807) is 6.33 Å².